The smallest absolute Gasteiger partial charge is 0.194 e. The normalized spacial score (nSPS) is 17.4. The van der Waals surface area contributed by atoms with Crippen LogP contribution in [-0.2, 0) is 32.5 Å². The number of benzene rings is 1. The Bertz CT molecular complexity index is 748. The quantitative estimate of drug-likeness (QED) is 0.675. The molecule has 1 N–H and O–H groups in total. The number of aryl methyl sites for hydroxylation is 1. The molecular weight excluding hydrogens is 300 g/mol. The average molecular weight is 324 g/mol. The van der Waals surface area contributed by atoms with Crippen LogP contribution in [0.3, 0.4) is 0 Å². The Morgan fingerprint density at radius 3 is 2.88 bits per heavy atom. The van der Waals surface area contributed by atoms with Crippen molar-refractivity contribution in [2.24, 2.45) is 4.99 Å². The van der Waals surface area contributed by atoms with E-state index in [2.05, 4.69) is 54.2 Å². The van der Waals surface area contributed by atoms with Crippen molar-refractivity contribution >= 4 is 5.96 Å². The highest BCUT2D eigenvalue weighted by Crippen LogP contribution is 2.19. The van der Waals surface area contributed by atoms with Crippen molar-refractivity contribution in [1.82, 2.24) is 25.0 Å². The Kier molecular flexibility index (Phi) is 4.19. The van der Waals surface area contributed by atoms with E-state index < -0.39 is 0 Å². The zero-order valence-electron chi connectivity index (χ0n) is 14.2. The molecule has 2 aromatic rings. The summed E-state index contributed by atoms with van der Waals surface area (Å²) in [6.07, 6.45) is 4.55. The van der Waals surface area contributed by atoms with E-state index in [0.717, 1.165) is 50.1 Å². The number of hydrogen-bond acceptors (Lipinski definition) is 3. The Balaban J connectivity index is 1.43. The SMILES string of the molecule is CN=C(NCc1nnc2n1CCCC2)N1CCc2ccccc2C1. The van der Waals surface area contributed by atoms with Gasteiger partial charge in [-0.05, 0) is 30.4 Å². The highest BCUT2D eigenvalue weighted by atomic mass is 15.3. The first kappa shape index (κ1) is 15.2. The number of fused-ring (bicyclic) bond motifs is 2. The molecule has 1 aromatic carbocycles. The van der Waals surface area contributed by atoms with E-state index in [0.29, 0.717) is 6.54 Å². The molecule has 126 valence electrons. The van der Waals surface area contributed by atoms with E-state index in [9.17, 15) is 0 Å². The lowest BCUT2D eigenvalue weighted by molar-refractivity contribution is 0.377. The lowest BCUT2D eigenvalue weighted by Gasteiger charge is -2.31. The van der Waals surface area contributed by atoms with Crippen LogP contribution in [0.25, 0.3) is 0 Å². The molecule has 3 heterocycles. The molecule has 0 atom stereocenters. The zero-order chi connectivity index (χ0) is 16.4. The molecule has 0 spiro atoms. The standard InChI is InChI=1S/C18H24N6/c1-19-18(23-11-9-14-6-2-3-7-15(14)13-23)20-12-17-22-21-16-8-4-5-10-24(16)17/h2-3,6-7H,4-5,8-13H2,1H3,(H,19,20). The van der Waals surface area contributed by atoms with E-state index >= 15 is 0 Å². The number of aliphatic imine (C=N–C) groups is 1. The van der Waals surface area contributed by atoms with Gasteiger partial charge in [0.2, 0.25) is 0 Å². The van der Waals surface area contributed by atoms with Gasteiger partial charge in [-0.15, -0.1) is 10.2 Å². The molecule has 4 rings (SSSR count). The fourth-order valence-electron chi connectivity index (χ4n) is 3.67. The van der Waals surface area contributed by atoms with Crippen LogP contribution in [0.2, 0.25) is 0 Å². The molecule has 1 aromatic heterocycles. The van der Waals surface area contributed by atoms with Crippen LogP contribution >= 0.6 is 0 Å². The third-order valence-electron chi connectivity index (χ3n) is 4.98. The Morgan fingerprint density at radius 2 is 2.00 bits per heavy atom. The first-order valence-electron chi connectivity index (χ1n) is 8.78. The summed E-state index contributed by atoms with van der Waals surface area (Å²) in [5.41, 5.74) is 2.85. The molecule has 0 aliphatic carbocycles. The number of hydrogen-bond donors (Lipinski definition) is 1. The lowest BCUT2D eigenvalue weighted by Crippen LogP contribution is -2.44. The maximum Gasteiger partial charge on any atom is 0.194 e. The third-order valence-corrected chi connectivity index (χ3v) is 4.98. The summed E-state index contributed by atoms with van der Waals surface area (Å²) >= 11 is 0. The van der Waals surface area contributed by atoms with E-state index in [1.807, 2.05) is 7.05 Å². The first-order valence-corrected chi connectivity index (χ1v) is 8.78. The van der Waals surface area contributed by atoms with Gasteiger partial charge in [0.05, 0.1) is 6.54 Å². The number of nitrogens with one attached hydrogen (secondary N) is 1. The van der Waals surface area contributed by atoms with Crippen molar-refractivity contribution in [2.45, 2.75) is 45.3 Å². The van der Waals surface area contributed by atoms with Gasteiger partial charge in [-0.2, -0.15) is 0 Å². The molecule has 0 amide bonds. The maximum atomic E-state index is 4.47. The molecule has 0 fully saturated rings. The fraction of sp³-hybridized carbons (Fsp3) is 0.500. The minimum Gasteiger partial charge on any atom is -0.349 e. The number of rotatable bonds is 2. The van der Waals surface area contributed by atoms with Crippen LogP contribution < -0.4 is 5.32 Å². The van der Waals surface area contributed by atoms with E-state index in [-0.39, 0.29) is 0 Å². The molecule has 2 aliphatic heterocycles. The van der Waals surface area contributed by atoms with Gasteiger partial charge in [-0.3, -0.25) is 4.99 Å². The topological polar surface area (TPSA) is 58.3 Å². The summed E-state index contributed by atoms with van der Waals surface area (Å²) < 4.78 is 2.26. The van der Waals surface area contributed by atoms with Crippen LogP contribution in [-0.4, -0.2) is 39.2 Å². The summed E-state index contributed by atoms with van der Waals surface area (Å²) in [6, 6.07) is 8.67. The van der Waals surface area contributed by atoms with Gasteiger partial charge in [0.15, 0.2) is 11.8 Å². The summed E-state index contributed by atoms with van der Waals surface area (Å²) in [5, 5.41) is 12.2. The molecule has 0 radical (unpaired) electrons. The van der Waals surface area contributed by atoms with Crippen LogP contribution in [0.4, 0.5) is 0 Å². The van der Waals surface area contributed by atoms with Crippen LogP contribution in [0, 0.1) is 0 Å². The van der Waals surface area contributed by atoms with Crippen molar-refractivity contribution < 1.29 is 0 Å². The lowest BCUT2D eigenvalue weighted by atomic mass is 10.0. The van der Waals surface area contributed by atoms with Gasteiger partial charge in [-0.25, -0.2) is 0 Å². The van der Waals surface area contributed by atoms with Gasteiger partial charge in [0.1, 0.15) is 5.82 Å². The average Bonchev–Trinajstić information content (AvgIpc) is 3.05. The molecule has 0 saturated carbocycles. The zero-order valence-corrected chi connectivity index (χ0v) is 14.2. The predicted octanol–water partition coefficient (Wildman–Crippen LogP) is 1.75. The second kappa shape index (κ2) is 6.63. The van der Waals surface area contributed by atoms with Gasteiger partial charge in [0.25, 0.3) is 0 Å². The second-order valence-corrected chi connectivity index (χ2v) is 6.48. The highest BCUT2D eigenvalue weighted by Gasteiger charge is 2.20. The van der Waals surface area contributed by atoms with Crippen LogP contribution in [0.15, 0.2) is 29.3 Å². The largest absolute Gasteiger partial charge is 0.349 e. The minimum absolute atomic E-state index is 0.678. The second-order valence-electron chi connectivity index (χ2n) is 6.48. The number of nitrogens with zero attached hydrogens (tertiary/aromatic N) is 5. The molecule has 2 aliphatic rings. The molecule has 6 heteroatoms. The summed E-state index contributed by atoms with van der Waals surface area (Å²) in [4.78, 5) is 6.79. The fourth-order valence-corrected chi connectivity index (χ4v) is 3.67. The van der Waals surface area contributed by atoms with Gasteiger partial charge < -0.3 is 14.8 Å². The van der Waals surface area contributed by atoms with Crippen molar-refractivity contribution in [2.75, 3.05) is 13.6 Å². The maximum absolute atomic E-state index is 4.47. The van der Waals surface area contributed by atoms with Gasteiger partial charge in [0, 0.05) is 33.1 Å². The van der Waals surface area contributed by atoms with Gasteiger partial charge in [-0.1, -0.05) is 24.3 Å². The first-order chi connectivity index (χ1) is 11.8. The predicted molar refractivity (Wildman–Crippen MR) is 93.7 cm³/mol. The van der Waals surface area contributed by atoms with Crippen molar-refractivity contribution in [1.29, 1.82) is 0 Å². The number of aromatic nitrogens is 3. The Hall–Kier alpha value is -2.37. The Labute approximate surface area is 142 Å². The van der Waals surface area contributed by atoms with Crippen molar-refractivity contribution in [3.63, 3.8) is 0 Å². The summed E-state index contributed by atoms with van der Waals surface area (Å²) in [7, 11) is 1.85. The summed E-state index contributed by atoms with van der Waals surface area (Å²) in [6.45, 7) is 3.62. The molecular formula is C18H24N6. The van der Waals surface area contributed by atoms with E-state index in [4.69, 9.17) is 0 Å². The van der Waals surface area contributed by atoms with Crippen LogP contribution in [0.1, 0.15) is 35.6 Å². The van der Waals surface area contributed by atoms with E-state index in [1.54, 1.807) is 0 Å². The molecule has 0 unspecified atom stereocenters. The van der Waals surface area contributed by atoms with Crippen molar-refractivity contribution in [3.8, 4) is 0 Å². The molecule has 24 heavy (non-hydrogen) atoms. The van der Waals surface area contributed by atoms with Crippen molar-refractivity contribution in [3.05, 3.63) is 47.0 Å². The summed E-state index contributed by atoms with van der Waals surface area (Å²) in [5.74, 6) is 3.08. The van der Waals surface area contributed by atoms with E-state index in [1.165, 1.54) is 24.0 Å². The third kappa shape index (κ3) is 2.88. The highest BCUT2D eigenvalue weighted by molar-refractivity contribution is 5.80. The minimum atomic E-state index is 0.678. The molecule has 6 nitrogen and oxygen atoms in total. The van der Waals surface area contributed by atoms with Crippen LogP contribution in [0.5, 0.6) is 0 Å². The monoisotopic (exact) mass is 324 g/mol. The molecule has 0 saturated heterocycles. The Morgan fingerprint density at radius 1 is 1.12 bits per heavy atom. The van der Waals surface area contributed by atoms with Gasteiger partial charge >= 0.3 is 0 Å². The number of guanidine groups is 1. The molecule has 0 bridgehead atoms.